The predicted octanol–water partition coefficient (Wildman–Crippen LogP) is 6.05. The molecule has 0 amide bonds. The molecule has 31 heavy (non-hydrogen) atoms. The van der Waals surface area contributed by atoms with Gasteiger partial charge < -0.3 is 10.4 Å². The molecule has 0 radical (unpaired) electrons. The van der Waals surface area contributed by atoms with Gasteiger partial charge in [0.25, 0.3) is 0 Å². The van der Waals surface area contributed by atoms with E-state index in [9.17, 15) is 31.5 Å². The fraction of sp³-hybridized carbons (Fsp3) is 0.682. The zero-order chi connectivity index (χ0) is 22.9. The number of anilines is 1. The first kappa shape index (κ1) is 25.5. The van der Waals surface area contributed by atoms with Gasteiger partial charge in [0.05, 0.1) is 21.9 Å². The molecule has 5 nitrogen and oxygen atoms in total. The monoisotopic (exact) mass is 463 g/mol. The Morgan fingerprint density at radius 3 is 2.32 bits per heavy atom. The molecule has 9 heteroatoms. The van der Waals surface area contributed by atoms with Crippen molar-refractivity contribution < 1.29 is 31.5 Å². The summed E-state index contributed by atoms with van der Waals surface area (Å²) in [5.41, 5.74) is 0.315. The smallest absolute Gasteiger partial charge is 0.389 e. The Hall–Kier alpha value is -1.77. The van der Waals surface area contributed by atoms with E-state index in [0.717, 1.165) is 38.5 Å². The molecule has 0 aromatic heterocycles. The summed E-state index contributed by atoms with van der Waals surface area (Å²) < 4.78 is 62.5. The van der Waals surface area contributed by atoms with Crippen LogP contribution in [0.25, 0.3) is 0 Å². The van der Waals surface area contributed by atoms with Crippen molar-refractivity contribution in [2.24, 2.45) is 5.92 Å². The summed E-state index contributed by atoms with van der Waals surface area (Å²) in [7, 11) is -3.65. The van der Waals surface area contributed by atoms with Gasteiger partial charge in [-0.15, -0.1) is 0 Å². The number of unbranched alkanes of at least 4 members (excludes halogenated alkanes) is 4. The maximum absolute atomic E-state index is 13.1. The molecule has 0 heterocycles. The molecular weight excluding hydrogens is 431 g/mol. The van der Waals surface area contributed by atoms with E-state index in [1.54, 1.807) is 0 Å². The Balaban J connectivity index is 1.94. The lowest BCUT2D eigenvalue weighted by Gasteiger charge is -2.22. The van der Waals surface area contributed by atoms with Crippen molar-refractivity contribution in [3.63, 3.8) is 0 Å². The highest BCUT2D eigenvalue weighted by atomic mass is 32.2. The van der Waals surface area contributed by atoms with E-state index in [2.05, 4.69) is 5.32 Å². The van der Waals surface area contributed by atoms with Gasteiger partial charge in [-0.3, -0.25) is 0 Å². The molecule has 1 saturated carbocycles. The van der Waals surface area contributed by atoms with Gasteiger partial charge in [0.2, 0.25) is 0 Å². The number of benzene rings is 1. The van der Waals surface area contributed by atoms with Crippen molar-refractivity contribution >= 4 is 21.5 Å². The minimum absolute atomic E-state index is 0.0168. The third-order valence-corrected chi connectivity index (χ3v) is 7.61. The van der Waals surface area contributed by atoms with Gasteiger partial charge in [0, 0.05) is 13.0 Å². The molecule has 1 aromatic carbocycles. The summed E-state index contributed by atoms with van der Waals surface area (Å²) in [6.45, 7) is 0.470. The van der Waals surface area contributed by atoms with E-state index in [0.29, 0.717) is 31.5 Å². The predicted molar refractivity (Wildman–Crippen MR) is 114 cm³/mol. The molecule has 0 saturated heterocycles. The third kappa shape index (κ3) is 9.09. The van der Waals surface area contributed by atoms with Crippen LogP contribution in [0.5, 0.6) is 0 Å². The normalized spacial score (nSPS) is 15.7. The van der Waals surface area contributed by atoms with Gasteiger partial charge in [-0.2, -0.15) is 13.2 Å². The van der Waals surface area contributed by atoms with Crippen LogP contribution in [0.3, 0.4) is 0 Å². The van der Waals surface area contributed by atoms with Gasteiger partial charge in [-0.1, -0.05) is 38.5 Å². The Morgan fingerprint density at radius 1 is 1.03 bits per heavy atom. The first-order valence-corrected chi connectivity index (χ1v) is 12.6. The standard InChI is InChI=1S/C22H32F3NO4S/c23-22(24,25)13-7-2-1-3-8-14-26-19-12-11-18(21(27)28)15-20(19)31(29,30)16-17-9-5-4-6-10-17/h11-12,15,17,26H,1-10,13-14,16H2,(H,27,28). The molecule has 0 bridgehead atoms. The number of aromatic carboxylic acids is 1. The van der Waals surface area contributed by atoms with Crippen LogP contribution < -0.4 is 5.32 Å². The minimum atomic E-state index is -4.11. The van der Waals surface area contributed by atoms with Gasteiger partial charge in [0.1, 0.15) is 0 Å². The van der Waals surface area contributed by atoms with E-state index < -0.39 is 28.4 Å². The van der Waals surface area contributed by atoms with E-state index in [1.165, 1.54) is 18.2 Å². The highest BCUT2D eigenvalue weighted by Crippen LogP contribution is 2.30. The Labute approximate surface area is 182 Å². The maximum atomic E-state index is 13.1. The van der Waals surface area contributed by atoms with Crippen molar-refractivity contribution in [1.29, 1.82) is 0 Å². The average Bonchev–Trinajstić information content (AvgIpc) is 2.69. The molecule has 0 atom stereocenters. The zero-order valence-electron chi connectivity index (χ0n) is 17.7. The highest BCUT2D eigenvalue weighted by Gasteiger charge is 2.27. The molecule has 1 aliphatic carbocycles. The van der Waals surface area contributed by atoms with Crippen LogP contribution in [0.15, 0.2) is 23.1 Å². The lowest BCUT2D eigenvalue weighted by Crippen LogP contribution is -2.20. The highest BCUT2D eigenvalue weighted by molar-refractivity contribution is 7.91. The van der Waals surface area contributed by atoms with Gasteiger partial charge >= 0.3 is 12.1 Å². The number of carboxylic acid groups (broad SMARTS) is 1. The number of carboxylic acids is 1. The molecule has 0 aliphatic heterocycles. The number of rotatable bonds is 12. The second kappa shape index (κ2) is 11.7. The van der Waals surface area contributed by atoms with Crippen LogP contribution in [-0.4, -0.2) is 38.0 Å². The van der Waals surface area contributed by atoms with Crippen LogP contribution in [0.2, 0.25) is 0 Å². The average molecular weight is 464 g/mol. The number of nitrogens with one attached hydrogen (secondary N) is 1. The minimum Gasteiger partial charge on any atom is -0.478 e. The summed E-state index contributed by atoms with van der Waals surface area (Å²) in [6, 6.07) is 4.09. The van der Waals surface area contributed by atoms with Crippen LogP contribution in [0, 0.1) is 5.92 Å². The quantitative estimate of drug-likeness (QED) is 0.369. The SMILES string of the molecule is O=C(O)c1ccc(NCCCCCCCC(F)(F)F)c(S(=O)(=O)CC2CCCCC2)c1. The summed E-state index contributed by atoms with van der Waals surface area (Å²) in [6.07, 6.45) is 2.77. The molecule has 2 N–H and O–H groups in total. The second-order valence-corrected chi connectivity index (χ2v) is 10.4. The maximum Gasteiger partial charge on any atom is 0.389 e. The third-order valence-electron chi connectivity index (χ3n) is 5.70. The fourth-order valence-corrected chi connectivity index (χ4v) is 5.93. The topological polar surface area (TPSA) is 83.5 Å². The van der Waals surface area contributed by atoms with Crippen molar-refractivity contribution in [1.82, 2.24) is 0 Å². The Morgan fingerprint density at radius 2 is 1.68 bits per heavy atom. The van der Waals surface area contributed by atoms with Gasteiger partial charge in [-0.25, -0.2) is 13.2 Å². The first-order chi connectivity index (χ1) is 14.6. The number of halogens is 3. The summed E-state index contributed by atoms with van der Waals surface area (Å²) in [5.74, 6) is -1.07. The number of sulfone groups is 1. The summed E-state index contributed by atoms with van der Waals surface area (Å²) in [4.78, 5) is 11.4. The van der Waals surface area contributed by atoms with Gasteiger partial charge in [-0.05, 0) is 49.8 Å². The van der Waals surface area contributed by atoms with E-state index in [-0.39, 0.29) is 28.6 Å². The molecule has 0 unspecified atom stereocenters. The Kier molecular flexibility index (Phi) is 9.65. The van der Waals surface area contributed by atoms with Crippen molar-refractivity contribution in [2.75, 3.05) is 17.6 Å². The van der Waals surface area contributed by atoms with E-state index >= 15 is 0 Å². The summed E-state index contributed by atoms with van der Waals surface area (Å²) >= 11 is 0. The lowest BCUT2D eigenvalue weighted by molar-refractivity contribution is -0.135. The van der Waals surface area contributed by atoms with Crippen molar-refractivity contribution in [2.45, 2.75) is 81.7 Å². The van der Waals surface area contributed by atoms with Crippen LogP contribution in [0.1, 0.15) is 81.0 Å². The van der Waals surface area contributed by atoms with E-state index in [4.69, 9.17) is 0 Å². The molecule has 0 spiro atoms. The van der Waals surface area contributed by atoms with E-state index in [1.807, 2.05) is 0 Å². The van der Waals surface area contributed by atoms with Crippen LogP contribution >= 0.6 is 0 Å². The molecule has 1 fully saturated rings. The van der Waals surface area contributed by atoms with Gasteiger partial charge in [0.15, 0.2) is 9.84 Å². The fourth-order valence-electron chi connectivity index (χ4n) is 4.02. The molecule has 176 valence electrons. The van der Waals surface area contributed by atoms with Crippen molar-refractivity contribution in [3.05, 3.63) is 23.8 Å². The molecule has 2 rings (SSSR count). The molecule has 1 aliphatic rings. The second-order valence-electron chi connectivity index (χ2n) is 8.36. The molecular formula is C22H32F3NO4S. The van der Waals surface area contributed by atoms with Crippen molar-refractivity contribution in [3.8, 4) is 0 Å². The Bertz CT molecular complexity index is 819. The number of hydrogen-bond donors (Lipinski definition) is 2. The number of alkyl halides is 3. The summed E-state index contributed by atoms with van der Waals surface area (Å²) in [5, 5.41) is 12.4. The lowest BCUT2D eigenvalue weighted by atomic mass is 9.91. The van der Waals surface area contributed by atoms with Crippen LogP contribution in [-0.2, 0) is 9.84 Å². The van der Waals surface area contributed by atoms with Crippen LogP contribution in [0.4, 0.5) is 18.9 Å². The zero-order valence-corrected chi connectivity index (χ0v) is 18.5. The number of carbonyl (C=O) groups is 1. The molecule has 1 aromatic rings. The number of hydrogen-bond acceptors (Lipinski definition) is 4. The first-order valence-electron chi connectivity index (χ1n) is 11.0. The largest absolute Gasteiger partial charge is 0.478 e.